The number of nitrogens with zero attached hydrogens (tertiary/aromatic N) is 2. The number of halogens is 1. The number of para-hydroxylation sites is 1. The number of hydrogen-bond donors (Lipinski definition) is 0. The Balaban J connectivity index is 2.33. The molecule has 0 aliphatic rings. The van der Waals surface area contributed by atoms with Crippen molar-refractivity contribution in [2.24, 2.45) is 0 Å². The lowest BCUT2D eigenvalue weighted by Crippen LogP contribution is -2.32. The second-order valence-corrected chi connectivity index (χ2v) is 4.43. The molecule has 2 aromatic carbocycles. The minimum atomic E-state index is -0.305. The molecule has 0 spiro atoms. The molecule has 0 radical (unpaired) electrons. The van der Waals surface area contributed by atoms with Gasteiger partial charge in [0.1, 0.15) is 6.07 Å². The molecule has 100 valence electrons. The van der Waals surface area contributed by atoms with Crippen molar-refractivity contribution in [1.82, 2.24) is 0 Å². The molecule has 2 rings (SSSR count). The molecule has 0 aliphatic carbocycles. The standard InChI is InChI=1S/C15H11ClN2O2/c1-11(19)18(14-8-6-13(16)7-9-14)20-15-5-3-2-4-12(15)10-17/h2-9H,1H3. The topological polar surface area (TPSA) is 53.3 Å². The summed E-state index contributed by atoms with van der Waals surface area (Å²) in [6.45, 7) is 1.38. The lowest BCUT2D eigenvalue weighted by molar-refractivity contribution is -0.120. The van der Waals surface area contributed by atoms with Crippen molar-refractivity contribution in [3.8, 4) is 11.8 Å². The van der Waals surface area contributed by atoms with E-state index in [1.807, 2.05) is 6.07 Å². The van der Waals surface area contributed by atoms with Crippen molar-refractivity contribution in [2.45, 2.75) is 6.92 Å². The highest BCUT2D eigenvalue weighted by Crippen LogP contribution is 2.23. The summed E-state index contributed by atoms with van der Waals surface area (Å²) >= 11 is 5.82. The first-order chi connectivity index (χ1) is 9.61. The summed E-state index contributed by atoms with van der Waals surface area (Å²) < 4.78 is 0. The Hall–Kier alpha value is -2.51. The van der Waals surface area contributed by atoms with E-state index in [1.165, 1.54) is 6.92 Å². The fourth-order valence-corrected chi connectivity index (χ4v) is 1.74. The predicted octanol–water partition coefficient (Wildman–Crippen LogP) is 3.56. The van der Waals surface area contributed by atoms with Gasteiger partial charge < -0.3 is 4.84 Å². The first-order valence-corrected chi connectivity index (χ1v) is 6.23. The van der Waals surface area contributed by atoms with Gasteiger partial charge in [0.2, 0.25) is 0 Å². The molecule has 0 aromatic heterocycles. The molecule has 20 heavy (non-hydrogen) atoms. The van der Waals surface area contributed by atoms with Crippen LogP contribution in [0, 0.1) is 11.3 Å². The SMILES string of the molecule is CC(=O)N(Oc1ccccc1C#N)c1ccc(Cl)cc1. The Morgan fingerprint density at radius 2 is 1.85 bits per heavy atom. The van der Waals surface area contributed by atoms with Crippen molar-refractivity contribution in [2.75, 3.05) is 5.06 Å². The van der Waals surface area contributed by atoms with Crippen LogP contribution in [-0.2, 0) is 4.79 Å². The van der Waals surface area contributed by atoms with Gasteiger partial charge in [-0.25, -0.2) is 0 Å². The third kappa shape index (κ3) is 3.08. The molecule has 2 aromatic rings. The molecular formula is C15H11ClN2O2. The second kappa shape index (κ2) is 6.09. The molecular weight excluding hydrogens is 276 g/mol. The van der Waals surface area contributed by atoms with Crippen LogP contribution in [0.3, 0.4) is 0 Å². The van der Waals surface area contributed by atoms with Crippen molar-refractivity contribution in [3.63, 3.8) is 0 Å². The van der Waals surface area contributed by atoms with Gasteiger partial charge in [-0.1, -0.05) is 23.7 Å². The Morgan fingerprint density at radius 1 is 1.20 bits per heavy atom. The molecule has 0 aliphatic heterocycles. The summed E-state index contributed by atoms with van der Waals surface area (Å²) in [5.74, 6) is 0.0141. The highest BCUT2D eigenvalue weighted by molar-refractivity contribution is 6.30. The first-order valence-electron chi connectivity index (χ1n) is 5.85. The fourth-order valence-electron chi connectivity index (χ4n) is 1.61. The van der Waals surface area contributed by atoms with E-state index in [9.17, 15) is 4.79 Å². The van der Waals surface area contributed by atoms with Crippen LogP contribution in [0.4, 0.5) is 5.69 Å². The van der Waals surface area contributed by atoms with Crippen LogP contribution in [0.2, 0.25) is 5.02 Å². The number of hydroxylamine groups is 1. The quantitative estimate of drug-likeness (QED) is 0.811. The average Bonchev–Trinajstić information content (AvgIpc) is 2.46. The lowest BCUT2D eigenvalue weighted by Gasteiger charge is -2.21. The van der Waals surface area contributed by atoms with Crippen LogP contribution in [-0.4, -0.2) is 5.91 Å². The molecule has 0 atom stereocenters. The van der Waals surface area contributed by atoms with Crippen molar-refractivity contribution >= 4 is 23.2 Å². The van der Waals surface area contributed by atoms with E-state index in [-0.39, 0.29) is 5.91 Å². The van der Waals surface area contributed by atoms with Gasteiger partial charge in [-0.3, -0.25) is 4.79 Å². The maximum absolute atomic E-state index is 11.7. The van der Waals surface area contributed by atoms with Crippen LogP contribution in [0.25, 0.3) is 0 Å². The van der Waals surface area contributed by atoms with Gasteiger partial charge in [0, 0.05) is 11.9 Å². The molecule has 0 saturated carbocycles. The number of carbonyl (C=O) groups excluding carboxylic acids is 1. The fraction of sp³-hybridized carbons (Fsp3) is 0.0667. The van der Waals surface area contributed by atoms with E-state index in [2.05, 4.69) is 0 Å². The van der Waals surface area contributed by atoms with Gasteiger partial charge in [0.05, 0.1) is 11.3 Å². The molecule has 0 N–H and O–H groups in total. The van der Waals surface area contributed by atoms with Gasteiger partial charge in [-0.2, -0.15) is 5.26 Å². The van der Waals surface area contributed by atoms with E-state index in [0.717, 1.165) is 5.06 Å². The molecule has 1 amide bonds. The summed E-state index contributed by atoms with van der Waals surface area (Å²) in [5.41, 5.74) is 0.891. The van der Waals surface area contributed by atoms with E-state index >= 15 is 0 Å². The van der Waals surface area contributed by atoms with E-state index in [1.54, 1.807) is 48.5 Å². The molecule has 0 bridgehead atoms. The highest BCUT2D eigenvalue weighted by atomic mass is 35.5. The average molecular weight is 287 g/mol. The number of carbonyl (C=O) groups is 1. The van der Waals surface area contributed by atoms with E-state index in [0.29, 0.717) is 22.0 Å². The second-order valence-electron chi connectivity index (χ2n) is 3.99. The van der Waals surface area contributed by atoms with Crippen LogP contribution in [0.5, 0.6) is 5.75 Å². The number of amides is 1. The van der Waals surface area contributed by atoms with Gasteiger partial charge in [-0.05, 0) is 36.4 Å². The van der Waals surface area contributed by atoms with E-state index in [4.69, 9.17) is 21.7 Å². The van der Waals surface area contributed by atoms with Crippen molar-refractivity contribution < 1.29 is 9.63 Å². The number of benzene rings is 2. The zero-order valence-corrected chi connectivity index (χ0v) is 11.5. The lowest BCUT2D eigenvalue weighted by atomic mass is 10.2. The van der Waals surface area contributed by atoms with Gasteiger partial charge in [-0.15, -0.1) is 5.06 Å². The van der Waals surface area contributed by atoms with E-state index < -0.39 is 0 Å². The molecule has 0 saturated heterocycles. The third-order valence-corrected chi connectivity index (χ3v) is 2.80. The molecule has 0 unspecified atom stereocenters. The minimum Gasteiger partial charge on any atom is -0.370 e. The summed E-state index contributed by atoms with van der Waals surface area (Å²) in [6.07, 6.45) is 0. The zero-order valence-electron chi connectivity index (χ0n) is 10.7. The normalized spacial score (nSPS) is 9.65. The monoisotopic (exact) mass is 286 g/mol. The number of rotatable bonds is 3. The van der Waals surface area contributed by atoms with Crippen molar-refractivity contribution in [3.05, 3.63) is 59.1 Å². The van der Waals surface area contributed by atoms with Crippen LogP contribution in [0.1, 0.15) is 12.5 Å². The molecule has 0 heterocycles. The smallest absolute Gasteiger partial charge is 0.256 e. The summed E-state index contributed by atoms with van der Waals surface area (Å²) in [5, 5.41) is 10.7. The number of nitriles is 1. The van der Waals surface area contributed by atoms with Crippen LogP contribution < -0.4 is 9.90 Å². The minimum absolute atomic E-state index is 0.305. The van der Waals surface area contributed by atoms with Crippen LogP contribution >= 0.6 is 11.6 Å². The van der Waals surface area contributed by atoms with Crippen molar-refractivity contribution in [1.29, 1.82) is 5.26 Å². The summed E-state index contributed by atoms with van der Waals surface area (Å²) in [6, 6.07) is 15.4. The highest BCUT2D eigenvalue weighted by Gasteiger charge is 2.15. The van der Waals surface area contributed by atoms with Gasteiger partial charge >= 0.3 is 0 Å². The Morgan fingerprint density at radius 3 is 2.45 bits per heavy atom. The molecule has 4 nitrogen and oxygen atoms in total. The zero-order chi connectivity index (χ0) is 14.5. The van der Waals surface area contributed by atoms with Gasteiger partial charge in [0.15, 0.2) is 5.75 Å². The molecule has 0 fully saturated rings. The van der Waals surface area contributed by atoms with Gasteiger partial charge in [0.25, 0.3) is 5.91 Å². The summed E-state index contributed by atoms with van der Waals surface area (Å²) in [4.78, 5) is 17.3. The maximum Gasteiger partial charge on any atom is 0.256 e. The summed E-state index contributed by atoms with van der Waals surface area (Å²) in [7, 11) is 0. The first kappa shape index (κ1) is 13.9. The molecule has 5 heteroatoms. The maximum atomic E-state index is 11.7. The Bertz CT molecular complexity index is 662. The number of anilines is 1. The van der Waals surface area contributed by atoms with Crippen LogP contribution in [0.15, 0.2) is 48.5 Å². The predicted molar refractivity (Wildman–Crippen MR) is 76.4 cm³/mol. The largest absolute Gasteiger partial charge is 0.370 e. The third-order valence-electron chi connectivity index (χ3n) is 2.54. The Labute approximate surface area is 121 Å². The Kier molecular flexibility index (Phi) is 4.24. The number of hydrogen-bond acceptors (Lipinski definition) is 3.